The quantitative estimate of drug-likeness (QED) is 0.718. The molecule has 0 aliphatic rings. The van der Waals surface area contributed by atoms with Crippen molar-refractivity contribution in [3.05, 3.63) is 54.2 Å². The zero-order chi connectivity index (χ0) is 14.5. The lowest BCUT2D eigenvalue weighted by Gasteiger charge is -2.09. The molecule has 0 atom stereocenters. The monoisotopic (exact) mass is 283 g/mol. The first-order chi connectivity index (χ1) is 10.4. The van der Waals surface area contributed by atoms with Crippen LogP contribution in [0.15, 0.2) is 47.1 Å². The van der Waals surface area contributed by atoms with E-state index in [4.69, 9.17) is 9.40 Å². The summed E-state index contributed by atoms with van der Waals surface area (Å²) in [7, 11) is 0. The minimum Gasteiger partial charge on any atom is -0.468 e. The summed E-state index contributed by atoms with van der Waals surface area (Å²) in [5, 5.41) is 3.40. The van der Waals surface area contributed by atoms with Gasteiger partial charge < -0.3 is 14.3 Å². The van der Waals surface area contributed by atoms with Crippen LogP contribution in [-0.2, 0) is 19.6 Å². The van der Waals surface area contributed by atoms with E-state index in [1.54, 1.807) is 6.26 Å². The van der Waals surface area contributed by atoms with E-state index in [0.717, 1.165) is 36.7 Å². The predicted octanol–water partition coefficient (Wildman–Crippen LogP) is 3.72. The van der Waals surface area contributed by atoms with Crippen molar-refractivity contribution in [1.29, 1.82) is 0 Å². The Labute approximate surface area is 124 Å². The Kier molecular flexibility index (Phi) is 4.36. The Hall–Kier alpha value is -2.07. The second kappa shape index (κ2) is 6.59. The van der Waals surface area contributed by atoms with Crippen LogP contribution in [0.25, 0.3) is 11.0 Å². The molecule has 1 N–H and O–H groups in total. The fourth-order valence-corrected chi connectivity index (χ4v) is 2.54. The molecule has 4 heteroatoms. The molecule has 0 spiro atoms. The lowest BCUT2D eigenvalue weighted by Crippen LogP contribution is -2.16. The topological polar surface area (TPSA) is 43.0 Å². The number of aryl methyl sites for hydroxylation is 1. The third kappa shape index (κ3) is 3.16. The Morgan fingerprint density at radius 3 is 2.86 bits per heavy atom. The molecular weight excluding hydrogens is 262 g/mol. The highest BCUT2D eigenvalue weighted by atomic mass is 16.3. The van der Waals surface area contributed by atoms with E-state index in [1.165, 1.54) is 18.4 Å². The number of benzene rings is 1. The van der Waals surface area contributed by atoms with Crippen LogP contribution in [0.5, 0.6) is 0 Å². The van der Waals surface area contributed by atoms with Crippen LogP contribution in [0.1, 0.15) is 31.4 Å². The van der Waals surface area contributed by atoms with E-state index in [9.17, 15) is 0 Å². The van der Waals surface area contributed by atoms with Gasteiger partial charge in [-0.25, -0.2) is 4.98 Å². The van der Waals surface area contributed by atoms with Gasteiger partial charge in [0.1, 0.15) is 11.6 Å². The maximum absolute atomic E-state index is 5.34. The molecule has 0 saturated heterocycles. The molecule has 3 aromatic rings. The average Bonchev–Trinajstić information content (AvgIpc) is 3.13. The van der Waals surface area contributed by atoms with Gasteiger partial charge in [0, 0.05) is 6.54 Å². The summed E-state index contributed by atoms with van der Waals surface area (Å²) in [6.07, 6.45) is 4.06. The fourth-order valence-electron chi connectivity index (χ4n) is 2.54. The summed E-state index contributed by atoms with van der Waals surface area (Å²) in [5.41, 5.74) is 2.30. The van der Waals surface area contributed by atoms with Crippen molar-refractivity contribution in [2.45, 2.75) is 39.4 Å². The largest absolute Gasteiger partial charge is 0.468 e. The first-order valence-corrected chi connectivity index (χ1v) is 7.55. The number of para-hydroxylation sites is 2. The minimum absolute atomic E-state index is 0.726. The van der Waals surface area contributed by atoms with Gasteiger partial charge in [0.15, 0.2) is 0 Å². The van der Waals surface area contributed by atoms with Gasteiger partial charge in [0.25, 0.3) is 0 Å². The molecule has 0 unspecified atom stereocenters. The van der Waals surface area contributed by atoms with Crippen LogP contribution in [0.2, 0.25) is 0 Å². The molecule has 110 valence electrons. The van der Waals surface area contributed by atoms with Crippen LogP contribution >= 0.6 is 0 Å². The molecule has 2 aromatic heterocycles. The van der Waals surface area contributed by atoms with E-state index in [2.05, 4.69) is 35.0 Å². The highest BCUT2D eigenvalue weighted by Gasteiger charge is 2.09. The van der Waals surface area contributed by atoms with E-state index < -0.39 is 0 Å². The lowest BCUT2D eigenvalue weighted by molar-refractivity contribution is 0.476. The van der Waals surface area contributed by atoms with Crippen molar-refractivity contribution in [2.24, 2.45) is 0 Å². The molecule has 0 aliphatic heterocycles. The Balaban J connectivity index is 1.76. The molecule has 0 saturated carbocycles. The van der Waals surface area contributed by atoms with Crippen LogP contribution in [0.3, 0.4) is 0 Å². The molecule has 0 amide bonds. The number of nitrogens with zero attached hydrogens (tertiary/aromatic N) is 2. The molecular formula is C17H21N3O. The summed E-state index contributed by atoms with van der Waals surface area (Å²) >= 11 is 0. The Morgan fingerprint density at radius 1 is 1.14 bits per heavy atom. The number of nitrogens with one attached hydrogen (secondary N) is 1. The first-order valence-electron chi connectivity index (χ1n) is 7.55. The second-order valence-electron chi connectivity index (χ2n) is 5.20. The van der Waals surface area contributed by atoms with Gasteiger partial charge in [-0.3, -0.25) is 0 Å². The molecule has 1 aromatic carbocycles. The number of unbranched alkanes of at least 4 members (excludes halogenated alkanes) is 1. The summed E-state index contributed by atoms with van der Waals surface area (Å²) in [4.78, 5) is 4.75. The van der Waals surface area contributed by atoms with Gasteiger partial charge in [-0.2, -0.15) is 0 Å². The molecule has 0 bridgehead atoms. The molecule has 4 nitrogen and oxygen atoms in total. The number of aromatic nitrogens is 2. The zero-order valence-corrected chi connectivity index (χ0v) is 12.4. The van der Waals surface area contributed by atoms with Crippen molar-refractivity contribution in [3.8, 4) is 0 Å². The van der Waals surface area contributed by atoms with Crippen molar-refractivity contribution in [2.75, 3.05) is 0 Å². The third-order valence-electron chi connectivity index (χ3n) is 3.63. The number of furan rings is 1. The van der Waals surface area contributed by atoms with Gasteiger partial charge in [-0.15, -0.1) is 0 Å². The molecule has 0 fully saturated rings. The lowest BCUT2D eigenvalue weighted by atomic mass is 10.3. The molecule has 21 heavy (non-hydrogen) atoms. The summed E-state index contributed by atoms with van der Waals surface area (Å²) in [6.45, 7) is 4.71. The number of hydrogen-bond acceptors (Lipinski definition) is 3. The second-order valence-corrected chi connectivity index (χ2v) is 5.20. The number of hydrogen-bond donors (Lipinski definition) is 1. The van der Waals surface area contributed by atoms with E-state index >= 15 is 0 Å². The van der Waals surface area contributed by atoms with Gasteiger partial charge in [0.2, 0.25) is 0 Å². The van der Waals surface area contributed by atoms with E-state index in [0.29, 0.717) is 0 Å². The van der Waals surface area contributed by atoms with Crippen LogP contribution in [-0.4, -0.2) is 9.55 Å². The van der Waals surface area contributed by atoms with Crippen LogP contribution < -0.4 is 5.32 Å². The predicted molar refractivity (Wildman–Crippen MR) is 83.9 cm³/mol. The fraction of sp³-hybridized carbons (Fsp3) is 0.353. The standard InChI is InChI=1S/C17H21N3O/c1-2-3-10-20-16-9-5-4-8-15(16)19-17(20)13-18-12-14-7-6-11-21-14/h4-9,11,18H,2-3,10,12-13H2,1H3. The van der Waals surface area contributed by atoms with Crippen LogP contribution in [0.4, 0.5) is 0 Å². The maximum Gasteiger partial charge on any atom is 0.123 e. The number of fused-ring (bicyclic) bond motifs is 1. The van der Waals surface area contributed by atoms with Crippen LogP contribution in [0, 0.1) is 0 Å². The van der Waals surface area contributed by atoms with Gasteiger partial charge in [-0.05, 0) is 30.7 Å². The summed E-state index contributed by atoms with van der Waals surface area (Å²) in [5.74, 6) is 2.04. The highest BCUT2D eigenvalue weighted by Crippen LogP contribution is 2.17. The third-order valence-corrected chi connectivity index (χ3v) is 3.63. The van der Waals surface area contributed by atoms with Gasteiger partial charge in [0.05, 0.1) is 30.4 Å². The Morgan fingerprint density at radius 2 is 2.05 bits per heavy atom. The molecule has 0 aliphatic carbocycles. The number of imidazole rings is 1. The zero-order valence-electron chi connectivity index (χ0n) is 12.4. The Bertz CT molecular complexity index is 685. The number of rotatable bonds is 7. The average molecular weight is 283 g/mol. The minimum atomic E-state index is 0.726. The van der Waals surface area contributed by atoms with E-state index in [1.807, 2.05) is 18.2 Å². The van der Waals surface area contributed by atoms with Crippen molar-refractivity contribution in [1.82, 2.24) is 14.9 Å². The molecule has 2 heterocycles. The maximum atomic E-state index is 5.34. The van der Waals surface area contributed by atoms with Gasteiger partial charge in [-0.1, -0.05) is 25.5 Å². The van der Waals surface area contributed by atoms with Crippen molar-refractivity contribution < 1.29 is 4.42 Å². The van der Waals surface area contributed by atoms with Gasteiger partial charge >= 0.3 is 0 Å². The first kappa shape index (κ1) is 13.9. The van der Waals surface area contributed by atoms with Crippen molar-refractivity contribution >= 4 is 11.0 Å². The normalized spacial score (nSPS) is 11.3. The molecule has 0 radical (unpaired) electrons. The summed E-state index contributed by atoms with van der Waals surface area (Å²) in [6, 6.07) is 12.2. The smallest absolute Gasteiger partial charge is 0.123 e. The van der Waals surface area contributed by atoms with Crippen molar-refractivity contribution in [3.63, 3.8) is 0 Å². The SMILES string of the molecule is CCCCn1c(CNCc2ccco2)nc2ccccc21. The summed E-state index contributed by atoms with van der Waals surface area (Å²) < 4.78 is 7.66. The van der Waals surface area contributed by atoms with E-state index in [-0.39, 0.29) is 0 Å². The highest BCUT2D eigenvalue weighted by molar-refractivity contribution is 5.75. The molecule has 3 rings (SSSR count).